The Morgan fingerprint density at radius 1 is 1.62 bits per heavy atom. The third kappa shape index (κ3) is 2.62. The van der Waals surface area contributed by atoms with Crippen molar-refractivity contribution in [3.63, 3.8) is 0 Å². The van der Waals surface area contributed by atoms with Gasteiger partial charge in [0.25, 0.3) is 0 Å². The summed E-state index contributed by atoms with van der Waals surface area (Å²) in [6, 6.07) is 0. The number of hydrogen-bond acceptors (Lipinski definition) is 4. The molecule has 0 aliphatic heterocycles. The van der Waals surface area contributed by atoms with E-state index in [-0.39, 0.29) is 0 Å². The van der Waals surface area contributed by atoms with Crippen molar-refractivity contribution in [2.24, 2.45) is 4.99 Å². The zero-order chi connectivity index (χ0) is 9.68. The smallest absolute Gasteiger partial charge is 0.152 e. The zero-order valence-corrected chi connectivity index (χ0v) is 7.68. The number of rotatable bonds is 3. The molecule has 0 N–H and O–H groups in total. The lowest BCUT2D eigenvalue weighted by Crippen LogP contribution is -1.96. The van der Waals surface area contributed by atoms with Crippen LogP contribution < -0.4 is 0 Å². The highest BCUT2D eigenvalue weighted by Crippen LogP contribution is 2.01. The maximum Gasteiger partial charge on any atom is 0.152 e. The summed E-state index contributed by atoms with van der Waals surface area (Å²) in [5.74, 6) is 0.674. The van der Waals surface area contributed by atoms with Gasteiger partial charge >= 0.3 is 0 Å². The van der Waals surface area contributed by atoms with E-state index in [1.807, 2.05) is 19.9 Å². The Kier molecular flexibility index (Phi) is 3.08. The Labute approximate surface area is 76.5 Å². The van der Waals surface area contributed by atoms with E-state index in [2.05, 4.69) is 27.1 Å². The lowest BCUT2D eigenvalue weighted by atomic mass is 10.4. The largest absolute Gasteiger partial charge is 0.237 e. The van der Waals surface area contributed by atoms with Crippen LogP contribution in [0.15, 0.2) is 29.5 Å². The monoisotopic (exact) mass is 177 g/mol. The first-order valence-corrected chi connectivity index (χ1v) is 3.83. The third-order valence-electron chi connectivity index (χ3n) is 1.26. The van der Waals surface area contributed by atoms with Crippen LogP contribution in [0.2, 0.25) is 0 Å². The van der Waals surface area contributed by atoms with Gasteiger partial charge in [0, 0.05) is 6.21 Å². The molecule has 0 bridgehead atoms. The van der Waals surface area contributed by atoms with E-state index in [4.69, 9.17) is 0 Å². The molecule has 1 rings (SSSR count). The minimum atomic E-state index is 0.674. The fourth-order valence-electron chi connectivity index (χ4n) is 0.709. The van der Waals surface area contributed by atoms with E-state index < -0.39 is 0 Å². The number of hydrogen-bond donors (Lipinski definition) is 0. The molecule has 0 aliphatic carbocycles. The van der Waals surface area contributed by atoms with Crippen LogP contribution in [0.1, 0.15) is 13.8 Å². The normalized spacial score (nSPS) is 12.3. The van der Waals surface area contributed by atoms with Gasteiger partial charge in [-0.3, -0.25) is 0 Å². The van der Waals surface area contributed by atoms with Crippen molar-refractivity contribution in [2.45, 2.75) is 13.8 Å². The number of allylic oxidation sites excluding steroid dienone is 2. The van der Waals surface area contributed by atoms with Gasteiger partial charge in [0.1, 0.15) is 6.33 Å². The van der Waals surface area contributed by atoms with E-state index in [1.165, 1.54) is 11.0 Å². The average Bonchev–Trinajstić information content (AvgIpc) is 2.58. The quantitative estimate of drug-likeness (QED) is 0.650. The summed E-state index contributed by atoms with van der Waals surface area (Å²) >= 11 is 0. The molecular weight excluding hydrogens is 166 g/mol. The van der Waals surface area contributed by atoms with Gasteiger partial charge in [0.15, 0.2) is 5.82 Å². The molecular formula is C8H11N5. The molecule has 0 unspecified atom stereocenters. The highest BCUT2D eigenvalue weighted by molar-refractivity contribution is 5.80. The Hall–Kier alpha value is -1.78. The van der Waals surface area contributed by atoms with Crippen LogP contribution in [0.5, 0.6) is 0 Å². The Balaban J connectivity index is 2.83. The standard InChI is InChI=1S/C8H11N5/c1-4-8(9-5-7(2)3)13-6-10-11-12-13/h4-6H,2H2,1,3H3/b8-4+,9-5-. The van der Waals surface area contributed by atoms with Crippen molar-refractivity contribution in [3.05, 3.63) is 24.6 Å². The second-order valence-electron chi connectivity index (χ2n) is 2.51. The summed E-state index contributed by atoms with van der Waals surface area (Å²) < 4.78 is 1.49. The summed E-state index contributed by atoms with van der Waals surface area (Å²) in [6.07, 6.45) is 4.97. The summed E-state index contributed by atoms with van der Waals surface area (Å²) in [4.78, 5) is 4.14. The molecule has 0 atom stereocenters. The van der Waals surface area contributed by atoms with E-state index in [9.17, 15) is 0 Å². The predicted octanol–water partition coefficient (Wildman–Crippen LogP) is 1.14. The first-order chi connectivity index (χ1) is 6.24. The molecule has 13 heavy (non-hydrogen) atoms. The van der Waals surface area contributed by atoms with Gasteiger partial charge in [0.2, 0.25) is 0 Å². The summed E-state index contributed by atoms with van der Waals surface area (Å²) in [5.41, 5.74) is 0.882. The lowest BCUT2D eigenvalue weighted by Gasteiger charge is -1.96. The highest BCUT2D eigenvalue weighted by Gasteiger charge is 1.95. The predicted molar refractivity (Wildman–Crippen MR) is 51.1 cm³/mol. The first kappa shape index (κ1) is 9.31. The van der Waals surface area contributed by atoms with Crippen molar-refractivity contribution in [1.29, 1.82) is 0 Å². The molecule has 1 aromatic rings. The number of nitrogens with zero attached hydrogens (tertiary/aromatic N) is 5. The van der Waals surface area contributed by atoms with Crippen molar-refractivity contribution < 1.29 is 0 Å². The van der Waals surface area contributed by atoms with Crippen molar-refractivity contribution in [2.75, 3.05) is 0 Å². The maximum atomic E-state index is 4.14. The topological polar surface area (TPSA) is 56.0 Å². The Bertz CT molecular complexity index is 333. The van der Waals surface area contributed by atoms with Crippen LogP contribution in [0.3, 0.4) is 0 Å². The van der Waals surface area contributed by atoms with Gasteiger partial charge in [-0.25, -0.2) is 4.99 Å². The molecule has 0 aromatic carbocycles. The molecule has 5 heteroatoms. The van der Waals surface area contributed by atoms with E-state index in [0.29, 0.717) is 5.82 Å². The van der Waals surface area contributed by atoms with Crippen LogP contribution in [0.25, 0.3) is 5.82 Å². The average molecular weight is 177 g/mol. The van der Waals surface area contributed by atoms with Crippen LogP contribution in [0.4, 0.5) is 0 Å². The van der Waals surface area contributed by atoms with E-state index in [1.54, 1.807) is 6.21 Å². The molecule has 0 fully saturated rings. The summed E-state index contributed by atoms with van der Waals surface area (Å²) in [6.45, 7) is 7.44. The summed E-state index contributed by atoms with van der Waals surface area (Å²) in [5, 5.41) is 10.7. The fraction of sp³-hybridized carbons (Fsp3) is 0.250. The molecule has 0 spiro atoms. The van der Waals surface area contributed by atoms with Gasteiger partial charge in [-0.15, -0.1) is 5.10 Å². The summed E-state index contributed by atoms with van der Waals surface area (Å²) in [7, 11) is 0. The zero-order valence-electron chi connectivity index (χ0n) is 7.68. The maximum absolute atomic E-state index is 4.14. The van der Waals surface area contributed by atoms with Gasteiger partial charge in [-0.1, -0.05) is 6.58 Å². The Morgan fingerprint density at radius 3 is 2.85 bits per heavy atom. The van der Waals surface area contributed by atoms with Crippen LogP contribution in [-0.2, 0) is 0 Å². The number of tetrazole rings is 1. The second kappa shape index (κ2) is 4.30. The molecule has 68 valence electrons. The minimum Gasteiger partial charge on any atom is -0.237 e. The molecule has 1 heterocycles. The molecule has 0 amide bonds. The van der Waals surface area contributed by atoms with Crippen LogP contribution in [-0.4, -0.2) is 26.4 Å². The minimum absolute atomic E-state index is 0.674. The van der Waals surface area contributed by atoms with Gasteiger partial charge in [-0.2, -0.15) is 4.68 Å². The van der Waals surface area contributed by atoms with Crippen LogP contribution >= 0.6 is 0 Å². The Morgan fingerprint density at radius 2 is 2.38 bits per heavy atom. The molecule has 1 aromatic heterocycles. The van der Waals surface area contributed by atoms with Gasteiger partial charge < -0.3 is 0 Å². The third-order valence-corrected chi connectivity index (χ3v) is 1.26. The second-order valence-corrected chi connectivity index (χ2v) is 2.51. The molecule has 5 nitrogen and oxygen atoms in total. The van der Waals surface area contributed by atoms with E-state index in [0.717, 1.165) is 5.57 Å². The SMILES string of the molecule is C=C(C)/C=N\C(=C/C)n1cnnn1. The van der Waals surface area contributed by atoms with E-state index >= 15 is 0 Å². The molecule has 0 aliphatic rings. The van der Waals surface area contributed by atoms with Crippen molar-refractivity contribution in [1.82, 2.24) is 20.2 Å². The van der Waals surface area contributed by atoms with Crippen molar-refractivity contribution >= 4 is 12.0 Å². The molecule has 0 saturated heterocycles. The van der Waals surface area contributed by atoms with Crippen LogP contribution in [0, 0.1) is 0 Å². The fourth-order valence-corrected chi connectivity index (χ4v) is 0.709. The van der Waals surface area contributed by atoms with Crippen molar-refractivity contribution in [3.8, 4) is 0 Å². The highest BCUT2D eigenvalue weighted by atomic mass is 15.5. The van der Waals surface area contributed by atoms with Gasteiger partial charge in [0.05, 0.1) is 0 Å². The first-order valence-electron chi connectivity index (χ1n) is 3.83. The lowest BCUT2D eigenvalue weighted by molar-refractivity contribution is 0.794. The van der Waals surface area contributed by atoms with Gasteiger partial charge in [-0.05, 0) is 35.9 Å². The molecule has 0 radical (unpaired) electrons. The number of aromatic nitrogens is 4. The molecule has 0 saturated carbocycles. The number of aliphatic imine (C=N–C) groups is 1.